The second-order valence-electron chi connectivity index (χ2n) is 4.06. The van der Waals surface area contributed by atoms with E-state index in [0.717, 1.165) is 17.9 Å². The molecule has 1 aromatic carbocycles. The van der Waals surface area contributed by atoms with Crippen LogP contribution in [-0.4, -0.2) is 30.9 Å². The number of amides is 1. The lowest BCUT2D eigenvalue weighted by molar-refractivity contribution is -0.120. The zero-order valence-corrected chi connectivity index (χ0v) is 12.9. The van der Waals surface area contributed by atoms with Crippen molar-refractivity contribution in [3.8, 4) is 0 Å². The Morgan fingerprint density at radius 1 is 1.42 bits per heavy atom. The normalized spacial score (nSPS) is 12.2. The van der Waals surface area contributed by atoms with Crippen molar-refractivity contribution in [1.29, 1.82) is 0 Å². The first-order valence-electron chi connectivity index (χ1n) is 6.41. The van der Waals surface area contributed by atoms with Gasteiger partial charge in [0.25, 0.3) is 0 Å². The van der Waals surface area contributed by atoms with Crippen LogP contribution in [0.15, 0.2) is 29.2 Å². The number of halogens is 1. The molecule has 1 rings (SSSR count). The predicted molar refractivity (Wildman–Crippen MR) is 80.9 cm³/mol. The van der Waals surface area contributed by atoms with Gasteiger partial charge in [-0.25, -0.2) is 0 Å². The molecule has 1 amide bonds. The van der Waals surface area contributed by atoms with Crippen LogP contribution in [0.1, 0.15) is 20.3 Å². The molecule has 3 nitrogen and oxygen atoms in total. The van der Waals surface area contributed by atoms with Gasteiger partial charge in [0.15, 0.2) is 0 Å². The first-order valence-corrected chi connectivity index (χ1v) is 7.67. The van der Waals surface area contributed by atoms with Crippen molar-refractivity contribution >= 4 is 29.3 Å². The number of rotatable bonds is 8. The van der Waals surface area contributed by atoms with Crippen molar-refractivity contribution in [2.24, 2.45) is 0 Å². The molecule has 1 unspecified atom stereocenters. The van der Waals surface area contributed by atoms with Gasteiger partial charge in [-0.05, 0) is 44.5 Å². The fourth-order valence-corrected chi connectivity index (χ4v) is 2.46. The Morgan fingerprint density at radius 2 is 2.11 bits per heavy atom. The predicted octanol–water partition coefficient (Wildman–Crippen LogP) is 3.36. The lowest BCUT2D eigenvalue weighted by Crippen LogP contribution is -2.32. The summed E-state index contributed by atoms with van der Waals surface area (Å²) in [6.07, 6.45) is 0.845. The average molecular weight is 302 g/mol. The summed E-state index contributed by atoms with van der Waals surface area (Å²) in [7, 11) is 0. The van der Waals surface area contributed by atoms with Gasteiger partial charge in [-0.15, -0.1) is 11.8 Å². The monoisotopic (exact) mass is 301 g/mol. The SMILES string of the molecule is CCOCCCNC(=O)C(C)Sc1ccc(Cl)cc1. The maximum absolute atomic E-state index is 11.8. The summed E-state index contributed by atoms with van der Waals surface area (Å²) in [5.74, 6) is 0.0523. The van der Waals surface area contributed by atoms with E-state index >= 15 is 0 Å². The number of carbonyl (C=O) groups is 1. The van der Waals surface area contributed by atoms with Crippen LogP contribution >= 0.6 is 23.4 Å². The van der Waals surface area contributed by atoms with Crippen LogP contribution in [-0.2, 0) is 9.53 Å². The van der Waals surface area contributed by atoms with Crippen LogP contribution in [0.4, 0.5) is 0 Å². The number of hydrogen-bond donors (Lipinski definition) is 1. The lowest BCUT2D eigenvalue weighted by atomic mass is 10.4. The Labute approximate surface area is 124 Å². The molecule has 1 aromatic rings. The summed E-state index contributed by atoms with van der Waals surface area (Å²) in [4.78, 5) is 12.9. The highest BCUT2D eigenvalue weighted by atomic mass is 35.5. The molecule has 0 aromatic heterocycles. The molecule has 5 heteroatoms. The van der Waals surface area contributed by atoms with Gasteiger partial charge in [0.1, 0.15) is 0 Å². The van der Waals surface area contributed by atoms with Crippen LogP contribution in [0, 0.1) is 0 Å². The first-order chi connectivity index (χ1) is 9.13. The minimum Gasteiger partial charge on any atom is -0.382 e. The maximum Gasteiger partial charge on any atom is 0.233 e. The van der Waals surface area contributed by atoms with E-state index in [4.69, 9.17) is 16.3 Å². The highest BCUT2D eigenvalue weighted by molar-refractivity contribution is 8.00. The van der Waals surface area contributed by atoms with Gasteiger partial charge in [-0.3, -0.25) is 4.79 Å². The van der Waals surface area contributed by atoms with E-state index in [-0.39, 0.29) is 11.2 Å². The highest BCUT2D eigenvalue weighted by Gasteiger charge is 2.13. The second-order valence-corrected chi connectivity index (χ2v) is 5.91. The Balaban J connectivity index is 2.26. The van der Waals surface area contributed by atoms with E-state index in [1.54, 1.807) is 0 Å². The third kappa shape index (κ3) is 6.85. The van der Waals surface area contributed by atoms with Crippen molar-refractivity contribution in [3.05, 3.63) is 29.3 Å². The largest absolute Gasteiger partial charge is 0.382 e. The molecule has 0 heterocycles. The summed E-state index contributed by atoms with van der Waals surface area (Å²) >= 11 is 7.35. The standard InChI is InChI=1S/C14H20ClNO2S/c1-3-18-10-4-9-16-14(17)11(2)19-13-7-5-12(15)6-8-13/h5-8,11H,3-4,9-10H2,1-2H3,(H,16,17). The van der Waals surface area contributed by atoms with Crippen molar-refractivity contribution in [3.63, 3.8) is 0 Å². The molecule has 1 N–H and O–H groups in total. The molecular weight excluding hydrogens is 282 g/mol. The molecule has 0 saturated carbocycles. The molecule has 0 bridgehead atoms. The topological polar surface area (TPSA) is 38.3 Å². The van der Waals surface area contributed by atoms with Gasteiger partial charge in [-0.1, -0.05) is 11.6 Å². The van der Waals surface area contributed by atoms with Crippen LogP contribution in [0.25, 0.3) is 0 Å². The average Bonchev–Trinajstić information content (AvgIpc) is 2.41. The van der Waals surface area contributed by atoms with Crippen LogP contribution in [0.5, 0.6) is 0 Å². The van der Waals surface area contributed by atoms with Gasteiger partial charge in [-0.2, -0.15) is 0 Å². The fourth-order valence-electron chi connectivity index (χ4n) is 1.44. The van der Waals surface area contributed by atoms with Crippen molar-refractivity contribution in [1.82, 2.24) is 5.32 Å². The minimum absolute atomic E-state index is 0.0523. The Morgan fingerprint density at radius 3 is 2.74 bits per heavy atom. The van der Waals surface area contributed by atoms with Gasteiger partial charge in [0.05, 0.1) is 5.25 Å². The summed E-state index contributed by atoms with van der Waals surface area (Å²) < 4.78 is 5.21. The van der Waals surface area contributed by atoms with Crippen LogP contribution < -0.4 is 5.32 Å². The Hall–Kier alpha value is -0.710. The van der Waals surface area contributed by atoms with Gasteiger partial charge < -0.3 is 10.1 Å². The summed E-state index contributed by atoms with van der Waals surface area (Å²) in [6, 6.07) is 7.50. The van der Waals surface area contributed by atoms with E-state index in [9.17, 15) is 4.79 Å². The molecule has 0 fully saturated rings. The number of benzene rings is 1. The number of carbonyl (C=O) groups excluding carboxylic acids is 1. The zero-order valence-electron chi connectivity index (χ0n) is 11.3. The Kier molecular flexibility index (Phi) is 7.94. The number of nitrogens with one attached hydrogen (secondary N) is 1. The quantitative estimate of drug-likeness (QED) is 0.591. The zero-order chi connectivity index (χ0) is 14.1. The third-order valence-corrected chi connectivity index (χ3v) is 3.83. The smallest absolute Gasteiger partial charge is 0.233 e. The second kappa shape index (κ2) is 9.23. The molecule has 106 valence electrons. The maximum atomic E-state index is 11.8. The summed E-state index contributed by atoms with van der Waals surface area (Å²) in [5, 5.41) is 3.50. The van der Waals surface area contributed by atoms with Crippen LogP contribution in [0.2, 0.25) is 5.02 Å². The molecule has 0 saturated heterocycles. The van der Waals surface area contributed by atoms with Crippen molar-refractivity contribution in [2.45, 2.75) is 30.4 Å². The van der Waals surface area contributed by atoms with Crippen LogP contribution in [0.3, 0.4) is 0 Å². The minimum atomic E-state index is -0.117. The Bertz CT molecular complexity index is 384. The fraction of sp³-hybridized carbons (Fsp3) is 0.500. The molecule has 0 aliphatic carbocycles. The van der Waals surface area contributed by atoms with E-state index in [1.807, 2.05) is 38.1 Å². The molecule has 0 aliphatic heterocycles. The van der Waals surface area contributed by atoms with E-state index in [1.165, 1.54) is 11.8 Å². The van der Waals surface area contributed by atoms with Gasteiger partial charge in [0, 0.05) is 29.7 Å². The van der Waals surface area contributed by atoms with E-state index in [0.29, 0.717) is 18.2 Å². The molecule has 0 radical (unpaired) electrons. The molecule has 1 atom stereocenters. The molecular formula is C14H20ClNO2S. The molecule has 19 heavy (non-hydrogen) atoms. The third-order valence-electron chi connectivity index (χ3n) is 2.46. The molecule has 0 aliphatic rings. The lowest BCUT2D eigenvalue weighted by Gasteiger charge is -2.12. The number of thioether (sulfide) groups is 1. The molecule has 0 spiro atoms. The van der Waals surface area contributed by atoms with Gasteiger partial charge in [0.2, 0.25) is 5.91 Å². The van der Waals surface area contributed by atoms with Gasteiger partial charge >= 0.3 is 0 Å². The van der Waals surface area contributed by atoms with E-state index in [2.05, 4.69) is 5.32 Å². The number of ether oxygens (including phenoxy) is 1. The van der Waals surface area contributed by atoms with Crippen molar-refractivity contribution in [2.75, 3.05) is 19.8 Å². The number of hydrogen-bond acceptors (Lipinski definition) is 3. The van der Waals surface area contributed by atoms with E-state index < -0.39 is 0 Å². The summed E-state index contributed by atoms with van der Waals surface area (Å²) in [5.41, 5.74) is 0. The van der Waals surface area contributed by atoms with Crippen molar-refractivity contribution < 1.29 is 9.53 Å². The highest BCUT2D eigenvalue weighted by Crippen LogP contribution is 2.24. The first kappa shape index (κ1) is 16.3. The summed E-state index contributed by atoms with van der Waals surface area (Å²) in [6.45, 7) is 5.93.